The summed E-state index contributed by atoms with van der Waals surface area (Å²) in [5.74, 6) is 1.90. The minimum absolute atomic E-state index is 0.0682. The van der Waals surface area contributed by atoms with Gasteiger partial charge in [0.05, 0.1) is 23.3 Å². The fourth-order valence-electron chi connectivity index (χ4n) is 4.97. The molecule has 2 aliphatic carbocycles. The van der Waals surface area contributed by atoms with E-state index in [0.717, 1.165) is 34.4 Å². The van der Waals surface area contributed by atoms with E-state index in [1.807, 2.05) is 53.9 Å². The zero-order chi connectivity index (χ0) is 20.0. The fraction of sp³-hybridized carbons (Fsp3) is 0.375. The number of para-hydroxylation sites is 1. The largest absolute Gasteiger partial charge is 0.332 e. The first-order chi connectivity index (χ1) is 14.1. The van der Waals surface area contributed by atoms with E-state index in [0.29, 0.717) is 24.3 Å². The van der Waals surface area contributed by atoms with Gasteiger partial charge in [-0.05, 0) is 55.7 Å². The maximum Gasteiger partial charge on any atom is 0.254 e. The second kappa shape index (κ2) is 7.14. The molecule has 29 heavy (non-hydrogen) atoms. The van der Waals surface area contributed by atoms with Gasteiger partial charge in [0.1, 0.15) is 0 Å². The van der Waals surface area contributed by atoms with Crippen LogP contribution in [0.5, 0.6) is 0 Å². The zero-order valence-corrected chi connectivity index (χ0v) is 17.0. The van der Waals surface area contributed by atoms with Crippen molar-refractivity contribution in [3.8, 4) is 0 Å². The first kappa shape index (κ1) is 18.1. The fourth-order valence-corrected chi connectivity index (χ4v) is 4.97. The number of allylic oxidation sites excluding steroid dienone is 2. The quantitative estimate of drug-likeness (QED) is 0.620. The average Bonchev–Trinajstić information content (AvgIpc) is 3.43. The van der Waals surface area contributed by atoms with Gasteiger partial charge in [-0.15, -0.1) is 0 Å². The van der Waals surface area contributed by atoms with Gasteiger partial charge in [0.2, 0.25) is 0 Å². The number of aryl methyl sites for hydroxylation is 2. The third-order valence-corrected chi connectivity index (χ3v) is 6.56. The first-order valence-corrected chi connectivity index (χ1v) is 10.4. The highest BCUT2D eigenvalue weighted by Crippen LogP contribution is 2.44. The van der Waals surface area contributed by atoms with E-state index in [-0.39, 0.29) is 5.91 Å². The number of nitrogens with zero attached hydrogens (tertiary/aromatic N) is 4. The lowest BCUT2D eigenvalue weighted by Crippen LogP contribution is -2.36. The Labute approximate surface area is 171 Å². The lowest BCUT2D eigenvalue weighted by Gasteiger charge is -2.28. The van der Waals surface area contributed by atoms with E-state index >= 15 is 0 Å². The van der Waals surface area contributed by atoms with E-state index < -0.39 is 0 Å². The number of carbonyl (C=O) groups is 1. The Morgan fingerprint density at radius 3 is 2.79 bits per heavy atom. The van der Waals surface area contributed by atoms with Crippen molar-refractivity contribution < 1.29 is 4.79 Å². The minimum atomic E-state index is 0.0682. The van der Waals surface area contributed by atoms with E-state index in [9.17, 15) is 4.79 Å². The number of hydrogen-bond acceptors (Lipinski definition) is 3. The Morgan fingerprint density at radius 1 is 1.21 bits per heavy atom. The van der Waals surface area contributed by atoms with Crippen molar-refractivity contribution in [2.24, 2.45) is 24.8 Å². The summed E-state index contributed by atoms with van der Waals surface area (Å²) >= 11 is 0. The maximum absolute atomic E-state index is 13.7. The molecule has 3 aromatic rings. The number of pyridine rings is 1. The van der Waals surface area contributed by atoms with Crippen molar-refractivity contribution in [3.63, 3.8) is 0 Å². The van der Waals surface area contributed by atoms with Crippen LogP contribution in [-0.4, -0.2) is 32.1 Å². The highest BCUT2D eigenvalue weighted by molar-refractivity contribution is 6.05. The molecule has 3 atom stereocenters. The number of rotatable bonds is 5. The standard InChI is InChI=1S/C24H26N4O/c1-16-11-20(26-27(16)2)15-28(14-19-13-17-7-8-18(19)12-17)24(29)22-9-10-25-23-6-4-3-5-21(22)23/h3-11,17-19H,12-15H2,1-2H3. The molecule has 0 radical (unpaired) electrons. The predicted molar refractivity (Wildman–Crippen MR) is 113 cm³/mol. The Balaban J connectivity index is 1.48. The molecule has 5 rings (SSSR count). The average molecular weight is 386 g/mol. The molecule has 0 saturated heterocycles. The van der Waals surface area contributed by atoms with E-state index in [1.165, 1.54) is 12.8 Å². The van der Waals surface area contributed by atoms with E-state index in [4.69, 9.17) is 0 Å². The molecule has 1 amide bonds. The lowest BCUT2D eigenvalue weighted by atomic mass is 9.92. The minimum Gasteiger partial charge on any atom is -0.332 e. The molecule has 1 aromatic carbocycles. The highest BCUT2D eigenvalue weighted by Gasteiger charge is 2.37. The van der Waals surface area contributed by atoms with E-state index in [1.54, 1.807) is 6.20 Å². The predicted octanol–water partition coefficient (Wildman–Crippen LogP) is 4.13. The van der Waals surface area contributed by atoms with Gasteiger partial charge >= 0.3 is 0 Å². The van der Waals surface area contributed by atoms with Crippen LogP contribution in [0, 0.1) is 24.7 Å². The summed E-state index contributed by atoms with van der Waals surface area (Å²) in [6, 6.07) is 11.8. The van der Waals surface area contributed by atoms with Crippen molar-refractivity contribution in [2.75, 3.05) is 6.54 Å². The van der Waals surface area contributed by atoms with Gasteiger partial charge < -0.3 is 4.90 Å². The Bertz CT molecular complexity index is 1070. The molecule has 0 N–H and O–H groups in total. The number of fused-ring (bicyclic) bond motifs is 3. The first-order valence-electron chi connectivity index (χ1n) is 10.4. The molecular formula is C24H26N4O. The van der Waals surface area contributed by atoms with Crippen LogP contribution in [0.4, 0.5) is 0 Å². The topological polar surface area (TPSA) is 51.0 Å². The van der Waals surface area contributed by atoms with Crippen LogP contribution in [0.1, 0.15) is 34.6 Å². The van der Waals surface area contributed by atoms with Gasteiger partial charge in [-0.1, -0.05) is 30.4 Å². The van der Waals surface area contributed by atoms with Gasteiger partial charge in [-0.3, -0.25) is 14.5 Å². The molecule has 5 heteroatoms. The van der Waals surface area contributed by atoms with Gasteiger partial charge in [-0.25, -0.2) is 0 Å². The van der Waals surface area contributed by atoms with Crippen LogP contribution in [0.3, 0.4) is 0 Å². The third-order valence-electron chi connectivity index (χ3n) is 6.56. The summed E-state index contributed by atoms with van der Waals surface area (Å²) in [4.78, 5) is 20.1. The summed E-state index contributed by atoms with van der Waals surface area (Å²) < 4.78 is 1.88. The van der Waals surface area contributed by atoms with Crippen molar-refractivity contribution >= 4 is 16.8 Å². The Kier molecular flexibility index (Phi) is 4.46. The van der Waals surface area contributed by atoms with Gasteiger partial charge in [0, 0.05) is 30.9 Å². The number of hydrogen-bond donors (Lipinski definition) is 0. The Hall–Kier alpha value is -2.95. The molecule has 5 nitrogen and oxygen atoms in total. The molecule has 2 heterocycles. The molecule has 0 aliphatic heterocycles. The van der Waals surface area contributed by atoms with Crippen molar-refractivity contribution in [3.05, 3.63) is 71.7 Å². The summed E-state index contributed by atoms with van der Waals surface area (Å²) in [6.07, 6.45) is 8.87. The number of amides is 1. The van der Waals surface area contributed by atoms with Crippen LogP contribution in [0.15, 0.2) is 54.7 Å². The summed E-state index contributed by atoms with van der Waals surface area (Å²) in [7, 11) is 1.95. The molecule has 1 fully saturated rings. The van der Waals surface area contributed by atoms with Crippen LogP contribution in [-0.2, 0) is 13.6 Å². The van der Waals surface area contributed by atoms with Crippen molar-refractivity contribution in [2.45, 2.75) is 26.3 Å². The van der Waals surface area contributed by atoms with E-state index in [2.05, 4.69) is 28.3 Å². The Morgan fingerprint density at radius 2 is 2.07 bits per heavy atom. The molecular weight excluding hydrogens is 360 g/mol. The van der Waals surface area contributed by atoms with Crippen LogP contribution in [0.25, 0.3) is 10.9 Å². The van der Waals surface area contributed by atoms with Crippen molar-refractivity contribution in [1.29, 1.82) is 0 Å². The number of aromatic nitrogens is 3. The highest BCUT2D eigenvalue weighted by atomic mass is 16.2. The second-order valence-electron chi connectivity index (χ2n) is 8.50. The lowest BCUT2D eigenvalue weighted by molar-refractivity contribution is 0.0704. The molecule has 148 valence electrons. The molecule has 2 aliphatic rings. The van der Waals surface area contributed by atoms with Gasteiger partial charge in [-0.2, -0.15) is 5.10 Å². The normalized spacial score (nSPS) is 22.5. The SMILES string of the molecule is Cc1cc(CN(CC2CC3C=CC2C3)C(=O)c2ccnc3ccccc23)nn1C. The van der Waals surface area contributed by atoms with Crippen LogP contribution < -0.4 is 0 Å². The zero-order valence-electron chi connectivity index (χ0n) is 17.0. The smallest absolute Gasteiger partial charge is 0.254 e. The summed E-state index contributed by atoms with van der Waals surface area (Å²) in [5.41, 5.74) is 3.62. The van der Waals surface area contributed by atoms with Crippen molar-refractivity contribution in [1.82, 2.24) is 19.7 Å². The van der Waals surface area contributed by atoms with Gasteiger partial charge in [0.25, 0.3) is 5.91 Å². The monoisotopic (exact) mass is 386 g/mol. The third kappa shape index (κ3) is 3.35. The second-order valence-corrected chi connectivity index (χ2v) is 8.50. The summed E-state index contributed by atoms with van der Waals surface area (Å²) in [5, 5.41) is 5.52. The molecule has 2 bridgehead atoms. The number of benzene rings is 1. The number of carbonyl (C=O) groups excluding carboxylic acids is 1. The van der Waals surface area contributed by atoms with Crippen LogP contribution in [0.2, 0.25) is 0 Å². The molecule has 3 unspecified atom stereocenters. The van der Waals surface area contributed by atoms with Crippen LogP contribution >= 0.6 is 0 Å². The van der Waals surface area contributed by atoms with Gasteiger partial charge in [0.15, 0.2) is 0 Å². The molecule has 0 spiro atoms. The maximum atomic E-state index is 13.7. The molecule has 2 aromatic heterocycles. The molecule has 1 saturated carbocycles. The summed E-state index contributed by atoms with van der Waals surface area (Å²) in [6.45, 7) is 3.35.